The number of H-pyrrole nitrogens is 1. The second kappa shape index (κ2) is 49.1. The third-order valence-electron chi connectivity index (χ3n) is 18.9. The molecule has 15 unspecified atom stereocenters. The number of ether oxygens (including phenoxy) is 2. The Balaban J connectivity index is 2.28. The van der Waals surface area contributed by atoms with E-state index < -0.39 is 260 Å². The molecule has 2 aromatic rings. The summed E-state index contributed by atoms with van der Waals surface area (Å²) in [4.78, 5) is 278. The van der Waals surface area contributed by atoms with Crippen molar-refractivity contribution in [1.29, 1.82) is 0 Å². The van der Waals surface area contributed by atoms with Gasteiger partial charge in [0.15, 0.2) is 12.2 Å². The summed E-state index contributed by atoms with van der Waals surface area (Å²) in [7, 11) is 1.69. The minimum atomic E-state index is -2.80. The molecule has 16 atom stereocenters. The lowest BCUT2D eigenvalue weighted by Crippen LogP contribution is -2.64. The van der Waals surface area contributed by atoms with Crippen molar-refractivity contribution in [2.75, 3.05) is 33.8 Å². The third kappa shape index (κ3) is 33.4. The first kappa shape index (κ1) is 99.2. The monoisotopic (exact) mass is 1660 g/mol. The van der Waals surface area contributed by atoms with Crippen LogP contribution in [0.25, 0.3) is 10.9 Å². The van der Waals surface area contributed by atoms with E-state index in [0.29, 0.717) is 40.1 Å². The molecule has 3 rings (SSSR count). The Bertz CT molecular complexity index is 3890. The first-order chi connectivity index (χ1) is 54.9. The molecule has 0 bridgehead atoms. The fourth-order valence-electron chi connectivity index (χ4n) is 12.1. The minimum Gasteiger partial charge on any atom is -0.481 e. The number of carboxylic acids is 4. The van der Waals surface area contributed by atoms with Gasteiger partial charge in [-0.05, 0) is 81.9 Å². The summed E-state index contributed by atoms with van der Waals surface area (Å²) in [6.45, 7) is 7.54. The molecule has 1 aromatic heterocycles. The Kier molecular flexibility index (Phi) is 41.6. The van der Waals surface area contributed by atoms with Crippen LogP contribution in [0, 0.1) is 17.8 Å². The van der Waals surface area contributed by atoms with E-state index in [1.54, 1.807) is 30.5 Å². The SMILES string of the molecule is CCC(C)CCCCCCC(=O)NC(Cc1c[nH]c2ccccc12)C(=O)NC(CCC(=O)O)C(=O)NC(C(=O)NC1C(=O)N(C)CC(=O)NC(C)C(=O)NC(CC(=O)O)C(=O)NC(CCCCN)C(=O)NC(C(OC)C(=O)O)C(=O)NCC(=O)NC(CC(N)=O)C(=O)NC(C(C)CC(=O)O)C(=O)NC(C(C)C)C(=O)O[C@H]1C)C(O)C(N)=O. The normalized spacial score (nSPS) is 22.1. The molecule has 44 nitrogen and oxygen atoms in total. The molecule has 650 valence electrons. The van der Waals surface area contributed by atoms with E-state index in [1.165, 1.54) is 13.8 Å². The Hall–Kier alpha value is -12.0. The van der Waals surface area contributed by atoms with Gasteiger partial charge < -0.3 is 126 Å². The van der Waals surface area contributed by atoms with Crippen molar-refractivity contribution in [2.45, 2.75) is 236 Å². The molecule has 1 aliphatic rings. The lowest BCUT2D eigenvalue weighted by atomic mass is 9.95. The van der Waals surface area contributed by atoms with Crippen LogP contribution >= 0.6 is 0 Å². The molecular weight excluding hydrogens is 1550 g/mol. The number of aliphatic hydroxyl groups excluding tert-OH is 1. The fraction of sp³-hybridized carbons (Fsp3) is 0.616. The zero-order valence-corrected chi connectivity index (χ0v) is 66.5. The third-order valence-corrected chi connectivity index (χ3v) is 18.9. The number of fused-ring (bicyclic) bond motifs is 1. The number of nitrogens with one attached hydrogen (secondary N) is 13. The van der Waals surface area contributed by atoms with Crippen molar-refractivity contribution in [3.05, 3.63) is 36.0 Å². The van der Waals surface area contributed by atoms with Crippen molar-refractivity contribution in [2.24, 2.45) is 35.0 Å². The zero-order chi connectivity index (χ0) is 88.2. The molecule has 0 radical (unpaired) electrons. The molecule has 24 N–H and O–H groups in total. The fourth-order valence-corrected chi connectivity index (χ4v) is 12.1. The van der Waals surface area contributed by atoms with Gasteiger partial charge in [0.1, 0.15) is 72.6 Å². The van der Waals surface area contributed by atoms with E-state index >= 15 is 0 Å². The first-order valence-corrected chi connectivity index (χ1v) is 37.9. The van der Waals surface area contributed by atoms with Crippen molar-refractivity contribution in [1.82, 2.24) is 73.7 Å². The number of hydrogen-bond acceptors (Lipinski definition) is 24. The number of carbonyl (C=O) groups is 20. The Morgan fingerprint density at radius 3 is 1.84 bits per heavy atom. The average Bonchev–Trinajstić information content (AvgIpc) is 1.55. The van der Waals surface area contributed by atoms with Crippen LogP contribution in [0.15, 0.2) is 30.5 Å². The quantitative estimate of drug-likeness (QED) is 0.0221. The van der Waals surface area contributed by atoms with Gasteiger partial charge in [-0.3, -0.25) is 86.3 Å². The molecule has 2 heterocycles. The van der Waals surface area contributed by atoms with Gasteiger partial charge in [-0.1, -0.05) is 84.9 Å². The molecule has 1 fully saturated rings. The number of methoxy groups -OCH3 is 1. The van der Waals surface area contributed by atoms with Gasteiger partial charge in [-0.15, -0.1) is 0 Å². The number of benzene rings is 1. The second-order valence-electron chi connectivity index (χ2n) is 28.9. The highest BCUT2D eigenvalue weighted by Crippen LogP contribution is 2.22. The number of aromatic nitrogens is 1. The Morgan fingerprint density at radius 1 is 0.632 bits per heavy atom. The minimum absolute atomic E-state index is 0.00421. The van der Waals surface area contributed by atoms with Gasteiger partial charge in [0.05, 0.1) is 32.4 Å². The Morgan fingerprint density at radius 2 is 1.24 bits per heavy atom. The highest BCUT2D eigenvalue weighted by atomic mass is 16.5. The first-order valence-electron chi connectivity index (χ1n) is 37.9. The van der Waals surface area contributed by atoms with Gasteiger partial charge in [0.2, 0.25) is 88.6 Å². The molecule has 15 amide bonds. The van der Waals surface area contributed by atoms with Crippen molar-refractivity contribution < 1.29 is 131 Å². The van der Waals surface area contributed by atoms with Crippen LogP contribution in [0.5, 0.6) is 0 Å². The maximum atomic E-state index is 15.0. The number of aliphatic hydroxyl groups is 1. The van der Waals surface area contributed by atoms with E-state index in [1.807, 2.05) is 10.6 Å². The number of cyclic esters (lactones) is 1. The smallest absolute Gasteiger partial charge is 0.335 e. The number of aliphatic carboxylic acids is 4. The van der Waals surface area contributed by atoms with Gasteiger partial charge in [0.25, 0.3) is 0 Å². The van der Waals surface area contributed by atoms with Crippen LogP contribution in [0.4, 0.5) is 0 Å². The number of rotatable bonds is 37. The number of likely N-dealkylation sites (N-methyl/N-ethyl adjacent to an activating group) is 1. The average molecular weight is 1660 g/mol. The Labute approximate surface area is 672 Å². The van der Waals surface area contributed by atoms with Gasteiger partial charge in [-0.2, -0.15) is 0 Å². The van der Waals surface area contributed by atoms with Crippen LogP contribution in [0.3, 0.4) is 0 Å². The van der Waals surface area contributed by atoms with Crippen LogP contribution in [-0.4, -0.2) is 272 Å². The summed E-state index contributed by atoms with van der Waals surface area (Å²) < 4.78 is 10.7. The highest BCUT2D eigenvalue weighted by Gasteiger charge is 2.44. The van der Waals surface area contributed by atoms with Crippen LogP contribution in [0.2, 0.25) is 0 Å². The number of carbonyl (C=O) groups excluding carboxylic acids is 16. The highest BCUT2D eigenvalue weighted by molar-refractivity contribution is 6.03. The maximum absolute atomic E-state index is 15.0. The predicted molar refractivity (Wildman–Crippen MR) is 408 cm³/mol. The molecule has 44 heteroatoms. The summed E-state index contributed by atoms with van der Waals surface area (Å²) >= 11 is 0. The maximum Gasteiger partial charge on any atom is 0.335 e. The molecule has 0 saturated carbocycles. The largest absolute Gasteiger partial charge is 0.481 e. The van der Waals surface area contributed by atoms with E-state index in [-0.39, 0.29) is 38.6 Å². The molecule has 1 saturated heterocycles. The number of unbranched alkanes of at least 4 members (excludes halogenated alkanes) is 4. The summed E-state index contributed by atoms with van der Waals surface area (Å²) in [6, 6.07) is -15.8. The number of nitrogens with two attached hydrogens (primary N) is 3. The van der Waals surface area contributed by atoms with Crippen LogP contribution < -0.4 is 81.0 Å². The summed E-state index contributed by atoms with van der Waals surface area (Å²) in [5, 5.41) is 78.2. The van der Waals surface area contributed by atoms with Crippen molar-refractivity contribution in [3.63, 3.8) is 0 Å². The molecule has 0 spiro atoms. The number of aromatic amines is 1. The number of para-hydroxylation sites is 1. The van der Waals surface area contributed by atoms with E-state index in [9.17, 15) is 121 Å². The van der Waals surface area contributed by atoms with Gasteiger partial charge >= 0.3 is 29.8 Å². The number of esters is 1. The van der Waals surface area contributed by atoms with Crippen LogP contribution in [-0.2, 0) is 112 Å². The van der Waals surface area contributed by atoms with Crippen LogP contribution in [0.1, 0.15) is 150 Å². The number of hydrogen-bond donors (Lipinski definition) is 21. The second-order valence-corrected chi connectivity index (χ2v) is 28.9. The van der Waals surface area contributed by atoms with E-state index in [2.05, 4.69) is 72.0 Å². The number of amides is 15. The standard InChI is InChI=1S/C73H111N17O27/c1-10-35(4)19-13-11-12-14-23-48(92)80-44(28-39-31-77-41-21-16-15-20-40(39)41)65(106)83-43(24-25-51(95)96)64(105)88-57(59(101)61(76)102)70(111)87-56-38(7)117-73(115)54(34(2)3)85-69(110)55(36(5)27-52(97)98)86-67(108)45(29-47(75)91)81-49(93)32-78-68(109)58(60(116-9)72(113)114)89-63(104)42(22-17-18-26-74)82-66(107)46(30-53(99)100)84-62(103)37(6)79-50(94)33-90(8)71(56)112/h15-16,20-21,31,34-38,42-46,54-60,77,101H,10-14,17-19,22-30,32-33,74H2,1-9H3,(H2,75,91)(H2,76,102)(H,78,109)(H,79,94)(H,80,92)(H,81,93)(H,82,107)(H,83,106)(H,84,103)(H,85,110)(H,86,108)(H,87,111)(H,88,105)(H,89,104)(H,95,96)(H,97,98)(H,99,100)(H,113,114)/t35?,36?,37?,38-,42?,43?,44?,45?,46?,54?,55?,56?,57?,58?,59?,60?/m0/s1. The van der Waals surface area contributed by atoms with E-state index in [0.717, 1.165) is 60.6 Å². The number of nitrogens with zero attached hydrogens (tertiary/aromatic N) is 1. The molecule has 117 heavy (non-hydrogen) atoms. The lowest BCUT2D eigenvalue weighted by Gasteiger charge is -2.32. The molecular formula is C73H111N17O27. The molecule has 1 aromatic carbocycles. The van der Waals surface area contributed by atoms with Gasteiger partial charge in [0, 0.05) is 50.5 Å². The topological polar surface area (TPSA) is 702 Å². The molecule has 0 aliphatic carbocycles. The van der Waals surface area contributed by atoms with Crippen molar-refractivity contribution in [3.8, 4) is 0 Å². The summed E-state index contributed by atoms with van der Waals surface area (Å²) in [6.07, 6.45) is -6.11. The van der Waals surface area contributed by atoms with E-state index in [4.69, 9.17) is 26.7 Å². The van der Waals surface area contributed by atoms with Gasteiger partial charge in [-0.25, -0.2) is 9.59 Å². The van der Waals surface area contributed by atoms with Crippen molar-refractivity contribution >= 4 is 129 Å². The summed E-state index contributed by atoms with van der Waals surface area (Å²) in [5.74, 6) is -30.6. The molecule has 1 aliphatic heterocycles. The predicted octanol–water partition coefficient (Wildman–Crippen LogP) is -5.97. The lowest BCUT2D eigenvalue weighted by molar-refractivity contribution is -0.159. The number of carboxylic acid groups (broad SMARTS) is 4. The zero-order valence-electron chi connectivity index (χ0n) is 66.5. The number of primary amides is 2. The summed E-state index contributed by atoms with van der Waals surface area (Å²) in [5.41, 5.74) is 17.8.